The molecule has 0 fully saturated rings. The minimum absolute atomic E-state index is 0.00519. The summed E-state index contributed by atoms with van der Waals surface area (Å²) in [4.78, 5) is 0. The molecule has 0 bridgehead atoms. The molecule has 11 heavy (non-hydrogen) atoms. The summed E-state index contributed by atoms with van der Waals surface area (Å²) in [6, 6.07) is 0. The van der Waals surface area contributed by atoms with E-state index < -0.39 is 0 Å². The van der Waals surface area contributed by atoms with Crippen LogP contribution in [-0.2, 0) is 0 Å². The lowest BCUT2D eigenvalue weighted by Crippen LogP contribution is -2.10. The van der Waals surface area contributed by atoms with Gasteiger partial charge in [0.2, 0.25) is 0 Å². The Kier molecular flexibility index (Phi) is 2.19. The molecule has 5 heteroatoms. The molecule has 60 valence electrons. The Morgan fingerprint density at radius 3 is 2.45 bits per heavy atom. The van der Waals surface area contributed by atoms with Gasteiger partial charge < -0.3 is 5.73 Å². The van der Waals surface area contributed by atoms with Crippen LogP contribution in [0.1, 0.15) is 29.8 Å². The molecule has 1 rings (SSSR count). The van der Waals surface area contributed by atoms with Gasteiger partial charge in [-0.2, -0.15) is 0 Å². The van der Waals surface area contributed by atoms with Crippen molar-refractivity contribution in [3.8, 4) is 0 Å². The number of amidine groups is 1. The lowest BCUT2D eigenvalue weighted by Gasteiger charge is -1.93. The Labute approximate surface area is 69.0 Å². The van der Waals surface area contributed by atoms with Crippen molar-refractivity contribution in [3.05, 3.63) is 10.0 Å². The first-order chi connectivity index (χ1) is 5.11. The highest BCUT2D eigenvalue weighted by Gasteiger charge is 2.08. The molecule has 3 N–H and O–H groups in total. The molecule has 0 aliphatic rings. The highest BCUT2D eigenvalue weighted by molar-refractivity contribution is 7.13. The number of hydrogen-bond donors (Lipinski definition) is 2. The van der Waals surface area contributed by atoms with Gasteiger partial charge in [-0.25, -0.2) is 0 Å². The predicted molar refractivity (Wildman–Crippen MR) is 45.0 cm³/mol. The van der Waals surface area contributed by atoms with Gasteiger partial charge in [-0.1, -0.05) is 25.2 Å². The van der Waals surface area contributed by atoms with E-state index in [2.05, 4.69) is 10.2 Å². The van der Waals surface area contributed by atoms with E-state index >= 15 is 0 Å². The van der Waals surface area contributed by atoms with Gasteiger partial charge >= 0.3 is 0 Å². The maximum absolute atomic E-state index is 7.08. The third-order valence-corrected chi connectivity index (χ3v) is 2.42. The molecule has 1 heterocycles. The Bertz CT molecular complexity index is 265. The van der Waals surface area contributed by atoms with E-state index in [1.165, 1.54) is 11.3 Å². The fourth-order valence-corrected chi connectivity index (χ4v) is 1.28. The standard InChI is InChI=1S/C6H10N4S/c1-3(2)5-9-10-6(11-5)4(7)8/h3H,1-2H3,(H3,7,8). The van der Waals surface area contributed by atoms with Crippen molar-refractivity contribution in [2.24, 2.45) is 5.73 Å². The van der Waals surface area contributed by atoms with Crippen molar-refractivity contribution in [3.63, 3.8) is 0 Å². The molecule has 0 aliphatic heterocycles. The molecular formula is C6H10N4S. The van der Waals surface area contributed by atoms with E-state index in [0.717, 1.165) is 5.01 Å². The van der Waals surface area contributed by atoms with Crippen molar-refractivity contribution < 1.29 is 0 Å². The van der Waals surface area contributed by atoms with Gasteiger partial charge in [0.05, 0.1) is 0 Å². The van der Waals surface area contributed by atoms with Crippen molar-refractivity contribution in [2.45, 2.75) is 19.8 Å². The zero-order valence-electron chi connectivity index (χ0n) is 6.46. The monoisotopic (exact) mass is 170 g/mol. The second kappa shape index (κ2) is 2.96. The molecular weight excluding hydrogens is 160 g/mol. The van der Waals surface area contributed by atoms with Crippen LogP contribution in [0.4, 0.5) is 0 Å². The lowest BCUT2D eigenvalue weighted by molar-refractivity contribution is 0.824. The van der Waals surface area contributed by atoms with Gasteiger partial charge in [0.25, 0.3) is 0 Å². The maximum atomic E-state index is 7.08. The molecule has 0 unspecified atom stereocenters. The van der Waals surface area contributed by atoms with Crippen molar-refractivity contribution in [1.82, 2.24) is 10.2 Å². The smallest absolute Gasteiger partial charge is 0.182 e. The topological polar surface area (TPSA) is 75.7 Å². The minimum atomic E-state index is -0.00519. The van der Waals surface area contributed by atoms with Crippen LogP contribution in [0.5, 0.6) is 0 Å². The SMILES string of the molecule is CC(C)c1nnc(C(=N)N)s1. The Balaban J connectivity index is 2.90. The van der Waals surface area contributed by atoms with Crippen LogP contribution in [0, 0.1) is 5.41 Å². The summed E-state index contributed by atoms with van der Waals surface area (Å²) in [5, 5.41) is 16.2. The zero-order chi connectivity index (χ0) is 8.43. The molecule has 0 amide bonds. The van der Waals surface area contributed by atoms with Crippen LogP contribution in [0.25, 0.3) is 0 Å². The highest BCUT2D eigenvalue weighted by Crippen LogP contribution is 2.17. The average Bonchev–Trinajstić information content (AvgIpc) is 2.33. The minimum Gasteiger partial charge on any atom is -0.382 e. The van der Waals surface area contributed by atoms with Gasteiger partial charge in [0.1, 0.15) is 5.01 Å². The predicted octanol–water partition coefficient (Wildman–Crippen LogP) is 0.946. The molecule has 0 saturated heterocycles. The largest absolute Gasteiger partial charge is 0.382 e. The molecule has 4 nitrogen and oxygen atoms in total. The summed E-state index contributed by atoms with van der Waals surface area (Å²) in [6.45, 7) is 4.06. The number of rotatable bonds is 2. The van der Waals surface area contributed by atoms with Crippen LogP contribution in [-0.4, -0.2) is 16.0 Å². The van der Waals surface area contributed by atoms with Crippen LogP contribution in [0.3, 0.4) is 0 Å². The van der Waals surface area contributed by atoms with Gasteiger partial charge in [0.15, 0.2) is 10.8 Å². The summed E-state index contributed by atoms with van der Waals surface area (Å²) < 4.78 is 0. The van der Waals surface area contributed by atoms with Gasteiger partial charge in [-0.3, -0.25) is 5.41 Å². The van der Waals surface area contributed by atoms with E-state index in [0.29, 0.717) is 10.9 Å². The van der Waals surface area contributed by atoms with E-state index in [4.69, 9.17) is 11.1 Å². The fraction of sp³-hybridized carbons (Fsp3) is 0.500. The highest BCUT2D eigenvalue weighted by atomic mass is 32.1. The van der Waals surface area contributed by atoms with Gasteiger partial charge in [-0.05, 0) is 0 Å². The molecule has 1 aromatic rings. The molecule has 0 spiro atoms. The summed E-state index contributed by atoms with van der Waals surface area (Å²) in [7, 11) is 0. The number of nitrogens with two attached hydrogens (primary N) is 1. The van der Waals surface area contributed by atoms with E-state index in [1.807, 2.05) is 13.8 Å². The van der Waals surface area contributed by atoms with Crippen molar-refractivity contribution >= 4 is 17.2 Å². The fourth-order valence-electron chi connectivity index (χ4n) is 0.577. The Morgan fingerprint density at radius 2 is 2.18 bits per heavy atom. The molecule has 0 atom stereocenters. The first-order valence-corrected chi connectivity index (χ1v) is 4.10. The first-order valence-electron chi connectivity index (χ1n) is 3.29. The lowest BCUT2D eigenvalue weighted by atomic mass is 10.2. The summed E-state index contributed by atoms with van der Waals surface area (Å²) in [5.74, 6) is 0.356. The van der Waals surface area contributed by atoms with Crippen molar-refractivity contribution in [1.29, 1.82) is 5.41 Å². The first kappa shape index (κ1) is 8.13. The zero-order valence-corrected chi connectivity index (χ0v) is 7.27. The van der Waals surface area contributed by atoms with E-state index in [9.17, 15) is 0 Å². The number of nitrogens with one attached hydrogen (secondary N) is 1. The van der Waals surface area contributed by atoms with Crippen LogP contribution in [0.2, 0.25) is 0 Å². The average molecular weight is 170 g/mol. The van der Waals surface area contributed by atoms with Crippen LogP contribution < -0.4 is 5.73 Å². The second-order valence-electron chi connectivity index (χ2n) is 2.51. The molecule has 0 aliphatic carbocycles. The molecule has 0 aromatic carbocycles. The molecule has 0 saturated carbocycles. The molecule has 0 radical (unpaired) electrons. The number of aromatic nitrogens is 2. The summed E-state index contributed by atoms with van der Waals surface area (Å²) in [5.41, 5.74) is 5.22. The third kappa shape index (κ3) is 1.74. The van der Waals surface area contributed by atoms with Gasteiger partial charge in [-0.15, -0.1) is 10.2 Å². The Morgan fingerprint density at radius 1 is 1.55 bits per heavy atom. The van der Waals surface area contributed by atoms with Crippen molar-refractivity contribution in [2.75, 3.05) is 0 Å². The van der Waals surface area contributed by atoms with Gasteiger partial charge in [0, 0.05) is 5.92 Å². The van der Waals surface area contributed by atoms with E-state index in [-0.39, 0.29) is 5.84 Å². The second-order valence-corrected chi connectivity index (χ2v) is 3.52. The number of hydrogen-bond acceptors (Lipinski definition) is 4. The third-order valence-electron chi connectivity index (χ3n) is 1.16. The summed E-state index contributed by atoms with van der Waals surface area (Å²) in [6.07, 6.45) is 0. The Hall–Kier alpha value is -0.970. The number of nitrogen functional groups attached to an aromatic ring is 1. The van der Waals surface area contributed by atoms with Crippen LogP contribution >= 0.6 is 11.3 Å². The summed E-state index contributed by atoms with van der Waals surface area (Å²) >= 11 is 1.38. The maximum Gasteiger partial charge on any atom is 0.182 e. The number of nitrogens with zero attached hydrogens (tertiary/aromatic N) is 2. The quantitative estimate of drug-likeness (QED) is 0.512. The van der Waals surface area contributed by atoms with E-state index in [1.54, 1.807) is 0 Å². The normalized spacial score (nSPS) is 10.5. The van der Waals surface area contributed by atoms with Crippen LogP contribution in [0.15, 0.2) is 0 Å². The molecule has 1 aromatic heterocycles.